The number of hydrogen-bond acceptors (Lipinski definition) is 4. The lowest BCUT2D eigenvalue weighted by atomic mass is 10.2. The molecule has 1 N–H and O–H groups in total. The first-order valence-electron chi connectivity index (χ1n) is 8.30. The maximum absolute atomic E-state index is 12.3. The van der Waals surface area contributed by atoms with Crippen molar-refractivity contribution in [3.63, 3.8) is 0 Å². The molecule has 0 aliphatic heterocycles. The molecule has 0 atom stereocenters. The van der Waals surface area contributed by atoms with Gasteiger partial charge in [0.1, 0.15) is 0 Å². The van der Waals surface area contributed by atoms with Crippen LogP contribution in [0.1, 0.15) is 12.3 Å². The topological polar surface area (TPSA) is 58.4 Å². The van der Waals surface area contributed by atoms with E-state index in [9.17, 15) is 4.79 Å². The van der Waals surface area contributed by atoms with Crippen molar-refractivity contribution in [2.24, 2.45) is 0 Å². The summed E-state index contributed by atoms with van der Waals surface area (Å²) in [4.78, 5) is 18.5. The molecule has 0 aliphatic carbocycles. The third-order valence-corrected chi connectivity index (χ3v) is 4.13. The van der Waals surface area contributed by atoms with Gasteiger partial charge in [-0.25, -0.2) is 4.98 Å². The number of aromatic nitrogens is 1. The third-order valence-electron chi connectivity index (χ3n) is 3.89. The van der Waals surface area contributed by atoms with E-state index in [0.717, 1.165) is 11.3 Å². The molecule has 6 heteroatoms. The van der Waals surface area contributed by atoms with Gasteiger partial charge in [0.2, 0.25) is 5.91 Å². The van der Waals surface area contributed by atoms with Crippen LogP contribution >= 0.6 is 11.6 Å². The Balaban J connectivity index is 1.62. The first-order valence-corrected chi connectivity index (χ1v) is 8.67. The quantitative estimate of drug-likeness (QED) is 0.688. The SMILES string of the molecule is CN(C)c1ccc(Cl)cc1NC(=O)CCc1ncc(-c2ccccc2)o1. The highest BCUT2D eigenvalue weighted by molar-refractivity contribution is 6.31. The van der Waals surface area contributed by atoms with E-state index < -0.39 is 0 Å². The molecule has 5 nitrogen and oxygen atoms in total. The first kappa shape index (κ1) is 18.0. The molecule has 0 bridgehead atoms. The van der Waals surface area contributed by atoms with Crippen molar-refractivity contribution in [3.05, 3.63) is 65.6 Å². The number of halogens is 1. The van der Waals surface area contributed by atoms with Gasteiger partial charge in [-0.15, -0.1) is 0 Å². The highest BCUT2D eigenvalue weighted by atomic mass is 35.5. The number of nitrogens with one attached hydrogen (secondary N) is 1. The van der Waals surface area contributed by atoms with Crippen molar-refractivity contribution in [2.45, 2.75) is 12.8 Å². The highest BCUT2D eigenvalue weighted by Crippen LogP contribution is 2.28. The number of benzene rings is 2. The van der Waals surface area contributed by atoms with E-state index in [1.54, 1.807) is 18.3 Å². The number of carbonyl (C=O) groups is 1. The molecule has 0 fully saturated rings. The highest BCUT2D eigenvalue weighted by Gasteiger charge is 2.12. The summed E-state index contributed by atoms with van der Waals surface area (Å²) in [6, 6.07) is 15.2. The maximum Gasteiger partial charge on any atom is 0.224 e. The van der Waals surface area contributed by atoms with Crippen LogP contribution < -0.4 is 10.2 Å². The molecule has 1 aromatic heterocycles. The number of nitrogens with zero attached hydrogens (tertiary/aromatic N) is 2. The van der Waals surface area contributed by atoms with Crippen LogP contribution in [0.25, 0.3) is 11.3 Å². The molecule has 1 heterocycles. The summed E-state index contributed by atoms with van der Waals surface area (Å²) in [5, 5.41) is 3.48. The Kier molecular flexibility index (Phi) is 5.58. The third kappa shape index (κ3) is 4.43. The van der Waals surface area contributed by atoms with Crippen molar-refractivity contribution in [1.29, 1.82) is 0 Å². The van der Waals surface area contributed by atoms with Crippen LogP contribution in [0.5, 0.6) is 0 Å². The molecule has 134 valence electrons. The van der Waals surface area contributed by atoms with E-state index in [0.29, 0.717) is 28.8 Å². The van der Waals surface area contributed by atoms with Crippen LogP contribution in [0.15, 0.2) is 59.1 Å². The molecule has 0 saturated heterocycles. The maximum atomic E-state index is 12.3. The number of oxazole rings is 1. The number of anilines is 2. The molecule has 3 aromatic rings. The fraction of sp³-hybridized carbons (Fsp3) is 0.200. The molecule has 0 saturated carbocycles. The van der Waals surface area contributed by atoms with E-state index >= 15 is 0 Å². The number of amides is 1. The molecule has 0 aliphatic rings. The van der Waals surface area contributed by atoms with E-state index in [-0.39, 0.29) is 12.3 Å². The summed E-state index contributed by atoms with van der Waals surface area (Å²) >= 11 is 6.04. The largest absolute Gasteiger partial charge is 0.441 e. The lowest BCUT2D eigenvalue weighted by molar-refractivity contribution is -0.116. The summed E-state index contributed by atoms with van der Waals surface area (Å²) in [6.45, 7) is 0. The van der Waals surface area contributed by atoms with Gasteiger partial charge in [0.05, 0.1) is 17.6 Å². The fourth-order valence-corrected chi connectivity index (χ4v) is 2.77. The second-order valence-electron chi connectivity index (χ2n) is 6.09. The summed E-state index contributed by atoms with van der Waals surface area (Å²) in [7, 11) is 3.83. The minimum absolute atomic E-state index is 0.116. The normalized spacial score (nSPS) is 10.6. The lowest BCUT2D eigenvalue weighted by Gasteiger charge is -2.18. The minimum Gasteiger partial charge on any atom is -0.441 e. The van der Waals surface area contributed by atoms with Gasteiger partial charge in [-0.1, -0.05) is 41.9 Å². The summed E-state index contributed by atoms with van der Waals surface area (Å²) in [5.74, 6) is 1.12. The molecule has 2 aromatic carbocycles. The van der Waals surface area contributed by atoms with Crippen LogP contribution in [0.3, 0.4) is 0 Å². The molecule has 3 rings (SSSR count). The zero-order valence-corrected chi connectivity index (χ0v) is 15.5. The Morgan fingerprint density at radius 2 is 1.96 bits per heavy atom. The number of carbonyl (C=O) groups excluding carboxylic acids is 1. The number of rotatable bonds is 6. The fourth-order valence-electron chi connectivity index (χ4n) is 2.59. The number of aryl methyl sites for hydroxylation is 1. The van der Waals surface area contributed by atoms with Gasteiger partial charge >= 0.3 is 0 Å². The van der Waals surface area contributed by atoms with Crippen LogP contribution in [-0.4, -0.2) is 25.0 Å². The minimum atomic E-state index is -0.116. The van der Waals surface area contributed by atoms with Gasteiger partial charge in [-0.2, -0.15) is 0 Å². The van der Waals surface area contributed by atoms with Gasteiger partial charge < -0.3 is 14.6 Å². The van der Waals surface area contributed by atoms with Gasteiger partial charge in [0, 0.05) is 37.5 Å². The van der Waals surface area contributed by atoms with E-state index in [2.05, 4.69) is 10.3 Å². The van der Waals surface area contributed by atoms with E-state index in [4.69, 9.17) is 16.0 Å². The van der Waals surface area contributed by atoms with Gasteiger partial charge in [-0.05, 0) is 18.2 Å². The zero-order valence-electron chi connectivity index (χ0n) is 14.7. The van der Waals surface area contributed by atoms with E-state index in [1.165, 1.54) is 0 Å². The van der Waals surface area contributed by atoms with Crippen LogP contribution in [0, 0.1) is 0 Å². The molecule has 0 spiro atoms. The van der Waals surface area contributed by atoms with Gasteiger partial charge in [0.15, 0.2) is 11.7 Å². The molecule has 26 heavy (non-hydrogen) atoms. The Morgan fingerprint density at radius 3 is 2.69 bits per heavy atom. The average molecular weight is 370 g/mol. The summed E-state index contributed by atoms with van der Waals surface area (Å²) in [5.41, 5.74) is 2.54. The monoisotopic (exact) mass is 369 g/mol. The van der Waals surface area contributed by atoms with E-state index in [1.807, 2.05) is 55.4 Å². The van der Waals surface area contributed by atoms with Gasteiger partial charge in [-0.3, -0.25) is 4.79 Å². The summed E-state index contributed by atoms with van der Waals surface area (Å²) in [6.07, 6.45) is 2.38. The van der Waals surface area contributed by atoms with Crippen molar-refractivity contribution < 1.29 is 9.21 Å². The molecule has 0 radical (unpaired) electrons. The zero-order chi connectivity index (χ0) is 18.5. The smallest absolute Gasteiger partial charge is 0.224 e. The Labute approximate surface area is 157 Å². The molecular weight excluding hydrogens is 350 g/mol. The average Bonchev–Trinajstić information content (AvgIpc) is 3.09. The summed E-state index contributed by atoms with van der Waals surface area (Å²) < 4.78 is 5.73. The van der Waals surface area contributed by atoms with Crippen molar-refractivity contribution in [1.82, 2.24) is 4.98 Å². The van der Waals surface area contributed by atoms with Crippen molar-refractivity contribution >= 4 is 28.9 Å². The van der Waals surface area contributed by atoms with Crippen molar-refractivity contribution in [3.8, 4) is 11.3 Å². The molecule has 1 amide bonds. The molecular formula is C20H20ClN3O2. The lowest BCUT2D eigenvalue weighted by Crippen LogP contribution is -2.17. The molecule has 0 unspecified atom stereocenters. The Morgan fingerprint density at radius 1 is 1.19 bits per heavy atom. The second kappa shape index (κ2) is 8.06. The van der Waals surface area contributed by atoms with Crippen LogP contribution in [-0.2, 0) is 11.2 Å². The predicted octanol–water partition coefficient (Wildman–Crippen LogP) is 4.63. The first-order chi connectivity index (χ1) is 12.5. The van der Waals surface area contributed by atoms with Crippen LogP contribution in [0.4, 0.5) is 11.4 Å². The van der Waals surface area contributed by atoms with Gasteiger partial charge in [0.25, 0.3) is 0 Å². The number of hydrogen-bond donors (Lipinski definition) is 1. The standard InChI is InChI=1S/C20H20ClN3O2/c1-24(2)17-9-8-15(21)12-16(17)23-19(25)10-11-20-22-13-18(26-20)14-6-4-3-5-7-14/h3-9,12-13H,10-11H2,1-2H3,(H,23,25). The Bertz CT molecular complexity index is 891. The van der Waals surface area contributed by atoms with Crippen LogP contribution in [0.2, 0.25) is 5.02 Å². The Hall–Kier alpha value is -2.79. The van der Waals surface area contributed by atoms with Crippen molar-refractivity contribution in [2.75, 3.05) is 24.3 Å². The second-order valence-corrected chi connectivity index (χ2v) is 6.52. The predicted molar refractivity (Wildman–Crippen MR) is 105 cm³/mol.